The number of carbonyl (C=O) groups excluding carboxylic acids is 3. The Kier molecular flexibility index (Phi) is 8.16. The van der Waals surface area contributed by atoms with Crippen molar-refractivity contribution in [1.29, 1.82) is 0 Å². The number of carbonyl (C=O) groups is 3. The summed E-state index contributed by atoms with van der Waals surface area (Å²) in [5.74, 6) is -1.92. The van der Waals surface area contributed by atoms with Gasteiger partial charge in [-0.15, -0.1) is 0 Å². The van der Waals surface area contributed by atoms with Gasteiger partial charge in [0, 0.05) is 13.6 Å². The molecule has 0 spiro atoms. The van der Waals surface area contributed by atoms with Crippen LogP contribution in [0.1, 0.15) is 43.1 Å². The number of ether oxygens (including phenoxy) is 2. The van der Waals surface area contributed by atoms with E-state index in [4.69, 9.17) is 15.2 Å². The van der Waals surface area contributed by atoms with Crippen LogP contribution < -0.4 is 22.3 Å². The van der Waals surface area contributed by atoms with Crippen molar-refractivity contribution in [2.45, 2.75) is 39.3 Å². The largest absolute Gasteiger partial charge is 0.457 e. The second kappa shape index (κ2) is 10.6. The monoisotopic (exact) mass is 460 g/mol. The number of hydrogen-bond acceptors (Lipinski definition) is 8. The number of aromatic nitrogens is 2. The van der Waals surface area contributed by atoms with Crippen molar-refractivity contribution in [3.63, 3.8) is 0 Å². The summed E-state index contributed by atoms with van der Waals surface area (Å²) in [4.78, 5) is 61.1. The van der Waals surface area contributed by atoms with Crippen LogP contribution in [-0.4, -0.2) is 45.7 Å². The number of nitrogen functional groups attached to an aromatic ring is 1. The van der Waals surface area contributed by atoms with E-state index in [0.717, 1.165) is 14.7 Å². The molecule has 3 N–H and O–H groups in total. The molecule has 0 aliphatic rings. The van der Waals surface area contributed by atoms with Crippen LogP contribution >= 0.6 is 0 Å². The number of hydrogen-bond donors (Lipinski definition) is 2. The molecular formula is C22H28N4O7. The SMILES string of the molecule is Cn1c(=O)c(C(=O)COC(=O)CCNC(=O)OC(C)(C)C)c(N)n(Cc2ccccc2)c1=O. The summed E-state index contributed by atoms with van der Waals surface area (Å²) in [6, 6.07) is 8.91. The molecule has 33 heavy (non-hydrogen) atoms. The number of esters is 1. The molecule has 0 saturated carbocycles. The quantitative estimate of drug-likeness (QED) is 0.434. The number of nitrogens with one attached hydrogen (secondary N) is 1. The lowest BCUT2D eigenvalue weighted by Gasteiger charge is -2.19. The van der Waals surface area contributed by atoms with E-state index < -0.39 is 46.9 Å². The molecule has 1 amide bonds. The Morgan fingerprint density at radius 3 is 2.33 bits per heavy atom. The molecule has 1 aromatic carbocycles. The summed E-state index contributed by atoms with van der Waals surface area (Å²) in [5, 5.41) is 2.39. The van der Waals surface area contributed by atoms with Crippen molar-refractivity contribution in [3.05, 3.63) is 62.3 Å². The van der Waals surface area contributed by atoms with E-state index in [1.807, 2.05) is 6.07 Å². The fourth-order valence-electron chi connectivity index (χ4n) is 2.84. The average molecular weight is 460 g/mol. The molecule has 0 atom stereocenters. The van der Waals surface area contributed by atoms with E-state index in [0.29, 0.717) is 0 Å². The van der Waals surface area contributed by atoms with Gasteiger partial charge in [0.15, 0.2) is 6.61 Å². The fraction of sp³-hybridized carbons (Fsp3) is 0.409. The van der Waals surface area contributed by atoms with Crippen LogP contribution in [0.3, 0.4) is 0 Å². The van der Waals surface area contributed by atoms with Crippen LogP contribution in [-0.2, 0) is 27.9 Å². The highest BCUT2D eigenvalue weighted by Gasteiger charge is 2.23. The fourth-order valence-corrected chi connectivity index (χ4v) is 2.84. The number of nitrogens with two attached hydrogens (primary N) is 1. The van der Waals surface area contributed by atoms with Crippen molar-refractivity contribution >= 4 is 23.7 Å². The Labute approximate surface area is 190 Å². The zero-order valence-electron chi connectivity index (χ0n) is 19.0. The van der Waals surface area contributed by atoms with E-state index >= 15 is 0 Å². The van der Waals surface area contributed by atoms with E-state index in [1.165, 1.54) is 7.05 Å². The standard InChI is InChI=1S/C22H28N4O7/c1-22(2,3)33-20(30)24-11-10-16(28)32-13-15(27)17-18(23)26(21(31)25(4)19(17)29)12-14-8-6-5-7-9-14/h5-9H,10-13,23H2,1-4H3,(H,24,30). The first-order valence-corrected chi connectivity index (χ1v) is 10.2. The third-order valence-corrected chi connectivity index (χ3v) is 4.41. The molecule has 0 aliphatic heterocycles. The second-order valence-corrected chi connectivity index (χ2v) is 8.24. The maximum Gasteiger partial charge on any atom is 0.407 e. The Morgan fingerprint density at radius 1 is 1.09 bits per heavy atom. The van der Waals surface area contributed by atoms with Gasteiger partial charge in [-0.05, 0) is 26.3 Å². The minimum Gasteiger partial charge on any atom is -0.457 e. The van der Waals surface area contributed by atoms with E-state index in [9.17, 15) is 24.0 Å². The number of amides is 1. The van der Waals surface area contributed by atoms with Gasteiger partial charge in [0.1, 0.15) is 17.0 Å². The van der Waals surface area contributed by atoms with Crippen LogP contribution in [0.25, 0.3) is 0 Å². The van der Waals surface area contributed by atoms with Crippen LogP contribution in [0.15, 0.2) is 39.9 Å². The Hall–Kier alpha value is -3.89. The number of anilines is 1. The first-order valence-electron chi connectivity index (χ1n) is 10.2. The first-order chi connectivity index (χ1) is 15.4. The van der Waals surface area contributed by atoms with Gasteiger partial charge in [-0.1, -0.05) is 30.3 Å². The van der Waals surface area contributed by atoms with Crippen LogP contribution in [0, 0.1) is 0 Å². The molecule has 0 aliphatic carbocycles. The Morgan fingerprint density at radius 2 is 1.73 bits per heavy atom. The number of ketones is 1. The smallest absolute Gasteiger partial charge is 0.407 e. The normalized spacial score (nSPS) is 11.0. The summed E-state index contributed by atoms with van der Waals surface area (Å²) in [6.45, 7) is 4.35. The minimum absolute atomic E-state index is 0.0516. The molecule has 0 fully saturated rings. The zero-order valence-corrected chi connectivity index (χ0v) is 19.0. The highest BCUT2D eigenvalue weighted by molar-refractivity contribution is 6.01. The van der Waals surface area contributed by atoms with E-state index in [2.05, 4.69) is 5.32 Å². The predicted molar refractivity (Wildman–Crippen MR) is 120 cm³/mol. The third kappa shape index (κ3) is 7.06. The van der Waals surface area contributed by atoms with Gasteiger partial charge in [0.2, 0.25) is 5.78 Å². The molecule has 0 unspecified atom stereocenters. The van der Waals surface area contributed by atoms with Crippen LogP contribution in [0.4, 0.5) is 10.6 Å². The Bertz CT molecular complexity index is 1140. The number of alkyl carbamates (subject to hydrolysis) is 1. The molecular weight excluding hydrogens is 432 g/mol. The van der Waals surface area contributed by atoms with Gasteiger partial charge < -0.3 is 20.5 Å². The molecule has 178 valence electrons. The molecule has 11 heteroatoms. The van der Waals surface area contributed by atoms with Crippen LogP contribution in [0.5, 0.6) is 0 Å². The summed E-state index contributed by atoms with van der Waals surface area (Å²) in [5.41, 5.74) is 4.07. The minimum atomic E-state index is -0.880. The first kappa shape index (κ1) is 25.4. The number of Topliss-reactive ketones (excluding diaryl/α,β-unsaturated/α-hetero) is 1. The van der Waals surface area contributed by atoms with Crippen molar-refractivity contribution in [2.24, 2.45) is 7.05 Å². The summed E-state index contributed by atoms with van der Waals surface area (Å²) >= 11 is 0. The Balaban J connectivity index is 2.06. The second-order valence-electron chi connectivity index (χ2n) is 8.24. The molecule has 0 saturated heterocycles. The predicted octanol–water partition coefficient (Wildman–Crippen LogP) is 0.818. The molecule has 1 heterocycles. The average Bonchev–Trinajstić information content (AvgIpc) is 2.73. The summed E-state index contributed by atoms with van der Waals surface area (Å²) < 4.78 is 11.8. The highest BCUT2D eigenvalue weighted by Crippen LogP contribution is 2.10. The maximum atomic E-state index is 12.6. The molecule has 1 aromatic heterocycles. The third-order valence-electron chi connectivity index (χ3n) is 4.41. The van der Waals surface area contributed by atoms with E-state index in [1.54, 1.807) is 45.0 Å². The zero-order chi connectivity index (χ0) is 24.8. The molecule has 2 rings (SSSR count). The lowest BCUT2D eigenvalue weighted by molar-refractivity contribution is -0.142. The topological polar surface area (TPSA) is 152 Å². The van der Waals surface area contributed by atoms with Gasteiger partial charge in [0.25, 0.3) is 5.56 Å². The van der Waals surface area contributed by atoms with Crippen LogP contribution in [0.2, 0.25) is 0 Å². The summed E-state index contributed by atoms with van der Waals surface area (Å²) in [7, 11) is 1.23. The molecule has 0 radical (unpaired) electrons. The van der Waals surface area contributed by atoms with Gasteiger partial charge in [0.05, 0.1) is 13.0 Å². The van der Waals surface area contributed by atoms with Gasteiger partial charge >= 0.3 is 17.8 Å². The number of nitrogens with zero attached hydrogens (tertiary/aromatic N) is 2. The molecule has 2 aromatic rings. The van der Waals surface area contributed by atoms with Gasteiger partial charge in [-0.2, -0.15) is 0 Å². The molecule has 0 bridgehead atoms. The van der Waals surface area contributed by atoms with E-state index in [-0.39, 0.29) is 25.3 Å². The lowest BCUT2D eigenvalue weighted by atomic mass is 10.2. The number of benzene rings is 1. The maximum absolute atomic E-state index is 12.6. The van der Waals surface area contributed by atoms with Crippen molar-refractivity contribution in [3.8, 4) is 0 Å². The number of rotatable bonds is 8. The van der Waals surface area contributed by atoms with Gasteiger partial charge in [-0.25, -0.2) is 9.59 Å². The summed E-state index contributed by atoms with van der Waals surface area (Å²) in [6.07, 6.45) is -0.906. The lowest BCUT2D eigenvalue weighted by Crippen LogP contribution is -2.43. The van der Waals surface area contributed by atoms with Crippen molar-refractivity contribution < 1.29 is 23.9 Å². The molecule has 11 nitrogen and oxygen atoms in total. The highest BCUT2D eigenvalue weighted by atomic mass is 16.6. The van der Waals surface area contributed by atoms with Crippen molar-refractivity contribution in [2.75, 3.05) is 18.9 Å². The van der Waals surface area contributed by atoms with Gasteiger partial charge in [-0.3, -0.25) is 23.5 Å². The van der Waals surface area contributed by atoms with Crippen molar-refractivity contribution in [1.82, 2.24) is 14.5 Å².